The third kappa shape index (κ3) is 5.01. The first-order valence-corrected chi connectivity index (χ1v) is 10.4. The van der Waals surface area contributed by atoms with Gasteiger partial charge in [0.1, 0.15) is 17.4 Å². The Kier molecular flexibility index (Phi) is 7.33. The Labute approximate surface area is 187 Å². The predicted octanol–water partition coefficient (Wildman–Crippen LogP) is 2.80. The molecule has 3 rings (SSSR count). The molecule has 1 saturated heterocycles. The molecule has 2 aromatic rings. The van der Waals surface area contributed by atoms with Crippen LogP contribution in [0.25, 0.3) is 11.8 Å². The Morgan fingerprint density at radius 2 is 1.84 bits per heavy atom. The normalized spacial score (nSPS) is 15.1. The Hall–Kier alpha value is -3.57. The van der Waals surface area contributed by atoms with Crippen molar-refractivity contribution < 1.29 is 23.8 Å². The largest absolute Gasteiger partial charge is 0.497 e. The van der Waals surface area contributed by atoms with Crippen LogP contribution < -0.4 is 4.74 Å². The van der Waals surface area contributed by atoms with Gasteiger partial charge < -0.3 is 23.7 Å². The van der Waals surface area contributed by atoms with Crippen molar-refractivity contribution in [2.45, 2.75) is 26.9 Å². The van der Waals surface area contributed by atoms with Crippen LogP contribution in [-0.2, 0) is 19.1 Å². The molecule has 8 nitrogen and oxygen atoms in total. The molecule has 1 amide bonds. The summed E-state index contributed by atoms with van der Waals surface area (Å²) in [4.78, 5) is 26.7. The number of nitriles is 1. The Balaban J connectivity index is 1.79. The van der Waals surface area contributed by atoms with Gasteiger partial charge in [0.15, 0.2) is 6.10 Å². The van der Waals surface area contributed by atoms with Crippen LogP contribution in [0.5, 0.6) is 5.75 Å². The Bertz CT molecular complexity index is 1060. The van der Waals surface area contributed by atoms with Gasteiger partial charge in [-0.25, -0.2) is 4.79 Å². The standard InChI is InChI=1S/C24H27N3O5/c1-16-13-19(17(2)27(16)21-5-7-22(30-4)8-6-21)14-20(15-25)24(29)32-18(3)23(28)26-9-11-31-12-10-26/h5-8,13-14,18H,9-12H2,1-4H3/b20-14+. The van der Waals surface area contributed by atoms with Crippen LogP contribution in [0.4, 0.5) is 0 Å². The highest BCUT2D eigenvalue weighted by molar-refractivity contribution is 5.99. The molecule has 1 aromatic carbocycles. The van der Waals surface area contributed by atoms with E-state index in [4.69, 9.17) is 14.2 Å². The van der Waals surface area contributed by atoms with E-state index < -0.39 is 12.1 Å². The van der Waals surface area contributed by atoms with E-state index in [1.807, 2.05) is 54.8 Å². The van der Waals surface area contributed by atoms with Crippen molar-refractivity contribution in [1.29, 1.82) is 5.26 Å². The van der Waals surface area contributed by atoms with E-state index in [0.717, 1.165) is 28.4 Å². The van der Waals surface area contributed by atoms with Crippen molar-refractivity contribution in [3.63, 3.8) is 0 Å². The zero-order chi connectivity index (χ0) is 23.3. The minimum absolute atomic E-state index is 0.165. The lowest BCUT2D eigenvalue weighted by Gasteiger charge is -2.28. The van der Waals surface area contributed by atoms with Crippen molar-refractivity contribution >= 4 is 18.0 Å². The Morgan fingerprint density at radius 1 is 1.19 bits per heavy atom. The van der Waals surface area contributed by atoms with E-state index >= 15 is 0 Å². The highest BCUT2D eigenvalue weighted by Gasteiger charge is 2.26. The maximum absolute atomic E-state index is 12.6. The molecular formula is C24H27N3O5. The first kappa shape index (κ1) is 23.1. The number of esters is 1. The van der Waals surface area contributed by atoms with Gasteiger partial charge in [-0.2, -0.15) is 5.26 Å². The molecule has 0 spiro atoms. The number of rotatable bonds is 6. The quantitative estimate of drug-likeness (QED) is 0.392. The lowest BCUT2D eigenvalue weighted by Crippen LogP contribution is -2.46. The molecule has 1 fully saturated rings. The molecule has 32 heavy (non-hydrogen) atoms. The maximum Gasteiger partial charge on any atom is 0.349 e. The monoisotopic (exact) mass is 437 g/mol. The highest BCUT2D eigenvalue weighted by atomic mass is 16.5. The van der Waals surface area contributed by atoms with Gasteiger partial charge in [0, 0.05) is 30.2 Å². The van der Waals surface area contributed by atoms with Crippen molar-refractivity contribution in [1.82, 2.24) is 9.47 Å². The minimum Gasteiger partial charge on any atom is -0.497 e. The molecule has 1 unspecified atom stereocenters. The molecule has 1 atom stereocenters. The average Bonchev–Trinajstić information content (AvgIpc) is 3.09. The van der Waals surface area contributed by atoms with Crippen LogP contribution in [0.2, 0.25) is 0 Å². The van der Waals surface area contributed by atoms with Gasteiger partial charge in [-0.05, 0) is 62.7 Å². The maximum atomic E-state index is 12.6. The molecule has 1 aromatic heterocycles. The molecule has 168 valence electrons. The number of hydrogen-bond donors (Lipinski definition) is 0. The number of ether oxygens (including phenoxy) is 3. The summed E-state index contributed by atoms with van der Waals surface area (Å²) in [5.74, 6) is -0.362. The average molecular weight is 437 g/mol. The number of methoxy groups -OCH3 is 1. The number of aromatic nitrogens is 1. The van der Waals surface area contributed by atoms with E-state index in [9.17, 15) is 14.9 Å². The summed E-state index contributed by atoms with van der Waals surface area (Å²) in [6.07, 6.45) is 0.514. The van der Waals surface area contributed by atoms with Crippen LogP contribution in [0, 0.1) is 25.2 Å². The zero-order valence-electron chi connectivity index (χ0n) is 18.8. The highest BCUT2D eigenvalue weighted by Crippen LogP contribution is 2.24. The summed E-state index contributed by atoms with van der Waals surface area (Å²) in [5.41, 5.74) is 3.30. The number of morpholine rings is 1. The third-order valence-corrected chi connectivity index (χ3v) is 5.40. The summed E-state index contributed by atoms with van der Waals surface area (Å²) < 4.78 is 17.8. The molecule has 0 bridgehead atoms. The van der Waals surface area contributed by atoms with E-state index in [2.05, 4.69) is 0 Å². The summed E-state index contributed by atoms with van der Waals surface area (Å²) in [7, 11) is 1.61. The number of benzene rings is 1. The second-order valence-electron chi connectivity index (χ2n) is 7.51. The molecule has 0 N–H and O–H groups in total. The molecule has 8 heteroatoms. The van der Waals surface area contributed by atoms with Crippen LogP contribution in [-0.4, -0.2) is 60.9 Å². The molecule has 0 aliphatic carbocycles. The van der Waals surface area contributed by atoms with E-state index in [0.29, 0.717) is 26.3 Å². The van der Waals surface area contributed by atoms with Gasteiger partial charge in [-0.1, -0.05) is 0 Å². The molecule has 1 aliphatic heterocycles. The van der Waals surface area contributed by atoms with Crippen molar-refractivity contribution in [3.05, 3.63) is 52.9 Å². The molecule has 2 heterocycles. The minimum atomic E-state index is -0.982. The second kappa shape index (κ2) is 10.2. The van der Waals surface area contributed by atoms with Crippen molar-refractivity contribution in [3.8, 4) is 17.5 Å². The Morgan fingerprint density at radius 3 is 2.44 bits per heavy atom. The van der Waals surface area contributed by atoms with Gasteiger partial charge in [0.05, 0.1) is 20.3 Å². The fourth-order valence-electron chi connectivity index (χ4n) is 3.67. The molecule has 1 aliphatic rings. The summed E-state index contributed by atoms with van der Waals surface area (Å²) in [6, 6.07) is 11.4. The third-order valence-electron chi connectivity index (χ3n) is 5.40. The zero-order valence-corrected chi connectivity index (χ0v) is 18.8. The van der Waals surface area contributed by atoms with Gasteiger partial charge in [0.2, 0.25) is 0 Å². The van der Waals surface area contributed by atoms with Gasteiger partial charge in [-0.15, -0.1) is 0 Å². The predicted molar refractivity (Wildman–Crippen MR) is 118 cm³/mol. The van der Waals surface area contributed by atoms with E-state index in [-0.39, 0.29) is 11.5 Å². The van der Waals surface area contributed by atoms with Crippen LogP contribution in [0.1, 0.15) is 23.9 Å². The fourth-order valence-corrected chi connectivity index (χ4v) is 3.67. The molecule has 0 radical (unpaired) electrons. The smallest absolute Gasteiger partial charge is 0.349 e. The summed E-state index contributed by atoms with van der Waals surface area (Å²) in [6.45, 7) is 7.20. The number of carbonyl (C=O) groups excluding carboxylic acids is 2. The van der Waals surface area contributed by atoms with Gasteiger partial charge in [-0.3, -0.25) is 4.79 Å². The van der Waals surface area contributed by atoms with Crippen molar-refractivity contribution in [2.24, 2.45) is 0 Å². The van der Waals surface area contributed by atoms with E-state index in [1.54, 1.807) is 12.0 Å². The second-order valence-corrected chi connectivity index (χ2v) is 7.51. The fraction of sp³-hybridized carbons (Fsp3) is 0.375. The van der Waals surface area contributed by atoms with E-state index in [1.165, 1.54) is 13.0 Å². The number of aryl methyl sites for hydroxylation is 1. The van der Waals surface area contributed by atoms with Gasteiger partial charge >= 0.3 is 5.97 Å². The topological polar surface area (TPSA) is 93.8 Å². The SMILES string of the molecule is COc1ccc(-n2c(C)cc(/C=C(\C#N)C(=O)OC(C)C(=O)N3CCOCC3)c2C)cc1. The number of nitrogens with zero attached hydrogens (tertiary/aromatic N) is 3. The van der Waals surface area contributed by atoms with Gasteiger partial charge in [0.25, 0.3) is 5.91 Å². The van der Waals surface area contributed by atoms with Crippen LogP contribution in [0.15, 0.2) is 35.9 Å². The summed E-state index contributed by atoms with van der Waals surface area (Å²) in [5, 5.41) is 9.55. The summed E-state index contributed by atoms with van der Waals surface area (Å²) >= 11 is 0. The first-order valence-electron chi connectivity index (χ1n) is 10.4. The number of amides is 1. The molecule has 0 saturated carbocycles. The number of hydrogen-bond acceptors (Lipinski definition) is 6. The van der Waals surface area contributed by atoms with Crippen molar-refractivity contribution in [2.75, 3.05) is 33.4 Å². The molecular weight excluding hydrogens is 410 g/mol. The lowest BCUT2D eigenvalue weighted by molar-refractivity contribution is -0.157. The first-order chi connectivity index (χ1) is 15.3. The number of carbonyl (C=O) groups is 2. The van der Waals surface area contributed by atoms with Crippen LogP contribution >= 0.6 is 0 Å². The lowest BCUT2D eigenvalue weighted by atomic mass is 10.1. The van der Waals surface area contributed by atoms with Crippen LogP contribution in [0.3, 0.4) is 0 Å².